The number of aliphatic carboxylic acids is 1. The average Bonchev–Trinajstić information content (AvgIpc) is 1.67. The third-order valence-corrected chi connectivity index (χ3v) is 23.9. The highest BCUT2D eigenvalue weighted by Crippen LogP contribution is 2.42. The summed E-state index contributed by atoms with van der Waals surface area (Å²) in [6, 6.07) is 40.3. The lowest BCUT2D eigenvalue weighted by Gasteiger charge is -2.30. The van der Waals surface area contributed by atoms with Crippen LogP contribution in [0.15, 0.2) is 156 Å². The van der Waals surface area contributed by atoms with Gasteiger partial charge in [0, 0.05) is 75.9 Å². The summed E-state index contributed by atoms with van der Waals surface area (Å²) in [6.45, 7) is 24.8. The number of nitrogens with one attached hydrogen (secondary N) is 5. The van der Waals surface area contributed by atoms with Crippen LogP contribution >= 0.6 is 0 Å². The van der Waals surface area contributed by atoms with Gasteiger partial charge in [0.1, 0.15) is 41.0 Å². The average molecular weight is 1770 g/mol. The number of rotatable bonds is 23. The Morgan fingerprint density at radius 3 is 1.24 bits per heavy atom. The molecule has 7 amide bonds. The normalized spacial score (nSPS) is 19.1. The van der Waals surface area contributed by atoms with Crippen LogP contribution in [0.5, 0.6) is 0 Å². The number of imidazole rings is 2. The number of alkyl carbamates (subject to hydrolysis) is 3. The van der Waals surface area contributed by atoms with Crippen molar-refractivity contribution in [1.29, 1.82) is 0 Å². The Balaban J connectivity index is 0.000000236. The van der Waals surface area contributed by atoms with Crippen LogP contribution in [0.3, 0.4) is 0 Å². The van der Waals surface area contributed by atoms with Crippen molar-refractivity contribution < 1.29 is 67.1 Å². The third-order valence-electron chi connectivity index (χ3n) is 23.9. The fourth-order valence-corrected chi connectivity index (χ4v) is 17.7. The largest absolute Gasteiger partial charge is 0.480 e. The van der Waals surface area contributed by atoms with Gasteiger partial charge in [-0.1, -0.05) is 147 Å². The molecule has 0 unspecified atom stereocenters. The molecule has 4 fully saturated rings. The van der Waals surface area contributed by atoms with E-state index in [0.717, 1.165) is 153 Å². The van der Waals surface area contributed by atoms with Crippen LogP contribution in [-0.2, 0) is 38.1 Å². The maximum Gasteiger partial charge on any atom is 0.410 e. The standard InChI is InChI=1S/C47H58N8O6.C44H54N6O4.C7H13NO4.2CH4/c1-8-37(51-46(58)60-6)44(56)54-19-9-10-40(54)38-23-36(24-48-38)35-18-17-33-21-32(15-16-34(33)22-35)30-11-13-31(14-12-30)39-25-49-43(50-39)41-20-29(26-53(4)5)27-55(41)45(57)42(28(2)3)52-47(59)61-7;1-43(2,3)53-41(51)49-19-9-10-38(49)36-23-35(24-45-36)34-18-17-32-21-31(15-16-33(32)22-34)29-11-13-30(14-12-29)37-25-46-40(47-37)39-20-28(26-48(7)8)27-50(39)42(52)54-44(4,5)6;1-4(2)5(6(9)10)8-7(11)12-3;;/h11-18,21-22,24-25,28-29,37,40-42H,8-10,19-20,23,26-27H2,1-7H3,(H,49,50)(H,51,58)(H,52,59);11-18,21-22,24-25,28,38-39H,9-10,19-20,23,26-27H2,1-8H3,(H,46,47);4-5H,1-3H3,(H,8,11)(H,9,10);2*1H4/t29-,37+,40+,41+,42+;28-,38+,39+;5-;;/m110../s1. The van der Waals surface area contributed by atoms with Gasteiger partial charge in [0.2, 0.25) is 11.8 Å². The summed E-state index contributed by atoms with van der Waals surface area (Å²) in [5.74, 6) is 0.511. The predicted octanol–water partition coefficient (Wildman–Crippen LogP) is 18.1. The predicted molar refractivity (Wildman–Crippen MR) is 507 cm³/mol. The van der Waals surface area contributed by atoms with Crippen molar-refractivity contribution in [3.63, 3.8) is 0 Å². The first-order valence-corrected chi connectivity index (χ1v) is 44.0. The number of amides is 7. The van der Waals surface area contributed by atoms with E-state index in [9.17, 15) is 38.4 Å². The summed E-state index contributed by atoms with van der Waals surface area (Å²) in [4.78, 5) is 137. The summed E-state index contributed by atoms with van der Waals surface area (Å²) < 4.78 is 25.3. The molecule has 4 saturated heterocycles. The molecule has 6 aliphatic rings. The first-order valence-electron chi connectivity index (χ1n) is 44.0. The molecule has 9 atom stereocenters. The van der Waals surface area contributed by atoms with E-state index in [1.54, 1.807) is 13.8 Å². The molecule has 0 spiro atoms. The molecule has 6 N–H and O–H groups in total. The van der Waals surface area contributed by atoms with Gasteiger partial charge in [-0.2, -0.15) is 0 Å². The number of carboxylic acid groups (broad SMARTS) is 1. The Morgan fingerprint density at radius 2 is 0.837 bits per heavy atom. The Bertz CT molecular complexity index is 5420. The number of H-pyrrole nitrogens is 2. The van der Waals surface area contributed by atoms with Crippen LogP contribution in [0.25, 0.3) is 77.5 Å². The summed E-state index contributed by atoms with van der Waals surface area (Å²) in [5.41, 5.74) is 13.7. The molecule has 8 heterocycles. The summed E-state index contributed by atoms with van der Waals surface area (Å²) in [6.07, 6.45) is 12.2. The molecule has 29 heteroatoms. The Morgan fingerprint density at radius 1 is 0.473 bits per heavy atom. The monoisotopic (exact) mass is 1770 g/mol. The van der Waals surface area contributed by atoms with Crippen molar-refractivity contribution in [2.75, 3.05) is 88.8 Å². The molecule has 692 valence electrons. The lowest BCUT2D eigenvalue weighted by Crippen LogP contribution is -2.51. The highest BCUT2D eigenvalue weighted by atomic mass is 16.6. The highest BCUT2D eigenvalue weighted by molar-refractivity contribution is 6.06. The first-order chi connectivity index (χ1) is 60.4. The number of hydrogen-bond donors (Lipinski definition) is 6. The van der Waals surface area contributed by atoms with Crippen LogP contribution in [0.2, 0.25) is 0 Å². The van der Waals surface area contributed by atoms with E-state index in [1.165, 1.54) is 37.7 Å². The number of allylic oxidation sites excluding steroid dienone is 2. The van der Waals surface area contributed by atoms with Gasteiger partial charge >= 0.3 is 36.4 Å². The van der Waals surface area contributed by atoms with Gasteiger partial charge in [0.05, 0.1) is 69.3 Å². The molecule has 14 rings (SSSR count). The molecule has 0 saturated carbocycles. The fourth-order valence-electron chi connectivity index (χ4n) is 17.7. The van der Waals surface area contributed by atoms with E-state index in [1.807, 2.05) is 121 Å². The van der Waals surface area contributed by atoms with Crippen molar-refractivity contribution in [3.05, 3.63) is 169 Å². The molecule has 6 aliphatic heterocycles. The SMILES string of the molecule is C.C.CC[C@H](NC(=O)OC)C(=O)N1CCC[C@H]1C1=NC=C(c2ccc3cc(-c4ccc(-c5cnc([C@@H]6C[C@H](CN(C)C)CN6C(=O)[C@@H](NC(=O)OC)C(C)C)[nH]5)cc4)ccc3c2)C1.CN(C)C[C@H]1C[C@@H](c2ncc(-c3ccc(-c4ccc5cc(C6=CN=C([C@@H]7CCCN7C(=O)OC(C)(C)C)C6)ccc5c4)cc3)[nH]2)N(C(=O)OC(C)(C)C)C1.COC(=O)N[C@H](C(=O)O)C(C)C. The summed E-state index contributed by atoms with van der Waals surface area (Å²) in [7, 11) is 12.0. The van der Waals surface area contributed by atoms with Gasteiger partial charge in [-0.15, -0.1) is 0 Å². The van der Waals surface area contributed by atoms with Crippen LogP contribution in [-0.4, -0.2) is 244 Å². The lowest BCUT2D eigenvalue weighted by atomic mass is 9.95. The number of methoxy groups -OCH3 is 3. The molecular formula is C100H133N15O14. The van der Waals surface area contributed by atoms with E-state index in [0.29, 0.717) is 44.9 Å². The molecule has 0 radical (unpaired) electrons. The number of carbonyl (C=O) groups is 8. The quantitative estimate of drug-likeness (QED) is 0.0324. The second-order valence-corrected chi connectivity index (χ2v) is 37.0. The molecular weight excluding hydrogens is 1640 g/mol. The number of carbonyl (C=O) groups excluding carboxylic acids is 7. The number of aliphatic imine (C=N–C) groups is 2. The number of nitrogens with zero attached hydrogens (tertiary/aromatic N) is 10. The minimum atomic E-state index is -1.06. The number of carboxylic acids is 1. The number of aromatic nitrogens is 4. The number of fused-ring (bicyclic) bond motifs is 2. The van der Waals surface area contributed by atoms with Crippen LogP contribution in [0, 0.1) is 23.7 Å². The second-order valence-electron chi connectivity index (χ2n) is 37.0. The van der Waals surface area contributed by atoms with E-state index < -0.39 is 53.6 Å². The van der Waals surface area contributed by atoms with Gasteiger partial charge in [-0.25, -0.2) is 38.7 Å². The van der Waals surface area contributed by atoms with E-state index in [4.69, 9.17) is 44.0 Å². The topological polar surface area (TPSA) is 341 Å². The molecule has 0 aliphatic carbocycles. The fraction of sp³-hybridized carbons (Fsp3) is 0.480. The molecule has 129 heavy (non-hydrogen) atoms. The summed E-state index contributed by atoms with van der Waals surface area (Å²) in [5, 5.41) is 20.8. The number of likely N-dealkylation sites (tertiary alicyclic amines) is 4. The van der Waals surface area contributed by atoms with Gasteiger partial charge in [-0.05, 0) is 240 Å². The zero-order valence-corrected chi connectivity index (χ0v) is 76.5. The zero-order valence-electron chi connectivity index (χ0n) is 76.5. The first kappa shape index (κ1) is 98.9. The molecule has 0 bridgehead atoms. The van der Waals surface area contributed by atoms with Crippen LogP contribution < -0.4 is 16.0 Å². The van der Waals surface area contributed by atoms with Gasteiger partial charge < -0.3 is 74.3 Å². The Labute approximate surface area is 759 Å². The summed E-state index contributed by atoms with van der Waals surface area (Å²) >= 11 is 0. The van der Waals surface area contributed by atoms with Crippen molar-refractivity contribution in [3.8, 4) is 44.8 Å². The smallest absolute Gasteiger partial charge is 0.410 e. The maximum atomic E-state index is 14.0. The van der Waals surface area contributed by atoms with Crippen LogP contribution in [0.4, 0.5) is 24.0 Å². The number of hydrogen-bond acceptors (Lipinski definition) is 19. The van der Waals surface area contributed by atoms with Crippen molar-refractivity contribution in [2.24, 2.45) is 33.7 Å². The Hall–Kier alpha value is -12.2. The van der Waals surface area contributed by atoms with E-state index >= 15 is 0 Å². The van der Waals surface area contributed by atoms with E-state index in [2.05, 4.69) is 176 Å². The highest BCUT2D eigenvalue weighted by Gasteiger charge is 2.44. The van der Waals surface area contributed by atoms with Gasteiger partial charge in [-0.3, -0.25) is 29.4 Å². The number of benzene rings is 6. The maximum absolute atomic E-state index is 14.0. The third kappa shape index (κ3) is 24.8. The van der Waals surface area contributed by atoms with Gasteiger partial charge in [0.25, 0.3) is 0 Å². The molecule has 6 aromatic carbocycles. The lowest BCUT2D eigenvalue weighted by molar-refractivity contribution is -0.140. The number of ether oxygens (including phenoxy) is 5. The van der Waals surface area contributed by atoms with Crippen molar-refractivity contribution in [1.82, 2.24) is 65.3 Å². The zero-order chi connectivity index (χ0) is 91.5. The minimum Gasteiger partial charge on any atom is -0.480 e. The minimum absolute atomic E-state index is 0. The van der Waals surface area contributed by atoms with Gasteiger partial charge in [0.15, 0.2) is 0 Å². The van der Waals surface area contributed by atoms with Crippen molar-refractivity contribution >= 4 is 92.4 Å². The Kier molecular flexibility index (Phi) is 33.2. The van der Waals surface area contributed by atoms with Crippen LogP contribution in [0.1, 0.15) is 184 Å². The molecule has 8 aromatic rings. The molecule has 29 nitrogen and oxygen atoms in total. The number of aromatic amines is 2. The second kappa shape index (κ2) is 43.2. The van der Waals surface area contributed by atoms with Crippen molar-refractivity contribution in [2.45, 2.75) is 202 Å². The molecule has 2 aromatic heterocycles. The van der Waals surface area contributed by atoms with E-state index in [-0.39, 0.29) is 80.8 Å².